The molecule has 138 valence electrons. The molecule has 2 aromatic rings. The molecule has 1 aromatic carbocycles. The van der Waals surface area contributed by atoms with Gasteiger partial charge >= 0.3 is 12.5 Å². The van der Waals surface area contributed by atoms with Crippen LogP contribution in [0.4, 0.5) is 17.6 Å². The third-order valence-electron chi connectivity index (χ3n) is 2.97. The number of ether oxygens (including phenoxy) is 1. The van der Waals surface area contributed by atoms with Crippen LogP contribution in [0.15, 0.2) is 57.8 Å². The molecule has 1 N–H and O–H groups in total. The van der Waals surface area contributed by atoms with E-state index in [1.54, 1.807) is 25.1 Å². The number of hydrogen-bond donors (Lipinski definition) is 1. The number of hydrogen-bond acceptors (Lipinski definition) is 4. The monoisotopic (exact) mass is 370 g/mol. The molecule has 2 rings (SSSR count). The lowest BCUT2D eigenvalue weighted by Gasteiger charge is -2.16. The van der Waals surface area contributed by atoms with E-state index in [1.165, 1.54) is 12.5 Å². The molecule has 0 spiro atoms. The van der Waals surface area contributed by atoms with Crippen LogP contribution in [-0.2, 0) is 0 Å². The van der Waals surface area contributed by atoms with Gasteiger partial charge in [-0.1, -0.05) is 0 Å². The highest BCUT2D eigenvalue weighted by molar-refractivity contribution is 5.95. The maximum Gasteiger partial charge on any atom is 0.461 e. The Bertz CT molecular complexity index is 785. The molecule has 0 aliphatic heterocycles. The van der Waals surface area contributed by atoms with Crippen LogP contribution in [0.3, 0.4) is 0 Å². The van der Waals surface area contributed by atoms with Gasteiger partial charge in [-0.2, -0.15) is 22.7 Å². The number of hydrazone groups is 1. The average molecular weight is 370 g/mol. The van der Waals surface area contributed by atoms with Crippen molar-refractivity contribution in [3.63, 3.8) is 0 Å². The van der Waals surface area contributed by atoms with E-state index >= 15 is 0 Å². The fourth-order valence-corrected chi connectivity index (χ4v) is 1.77. The van der Waals surface area contributed by atoms with Crippen molar-refractivity contribution >= 4 is 18.2 Å². The van der Waals surface area contributed by atoms with Crippen molar-refractivity contribution in [2.24, 2.45) is 5.10 Å². The molecule has 9 heteroatoms. The highest BCUT2D eigenvalue weighted by Gasteiger charge is 2.43. The van der Waals surface area contributed by atoms with Crippen LogP contribution in [0.2, 0.25) is 0 Å². The molecule has 26 heavy (non-hydrogen) atoms. The van der Waals surface area contributed by atoms with Gasteiger partial charge < -0.3 is 9.15 Å². The molecular weight excluding hydrogens is 356 g/mol. The number of nitrogens with zero attached hydrogens (tertiary/aromatic N) is 1. The molecule has 0 fully saturated rings. The minimum atomic E-state index is -4.61. The molecule has 0 aliphatic rings. The standard InChI is InChI=1S/C17H14F4N2O3/c1-11(9-14-3-2-8-25-14)10-22-23-15(24)12-4-6-13(7-5-12)26-17(20,21)16(18)19/h2-10,16H,1H3,(H,23,24)/b11-9+,22-10-. The summed E-state index contributed by atoms with van der Waals surface area (Å²) in [7, 11) is 0. The van der Waals surface area contributed by atoms with E-state index in [0.717, 1.165) is 24.3 Å². The van der Waals surface area contributed by atoms with Crippen LogP contribution in [0, 0.1) is 0 Å². The van der Waals surface area contributed by atoms with E-state index in [-0.39, 0.29) is 5.56 Å². The Balaban J connectivity index is 1.92. The molecule has 0 radical (unpaired) electrons. The summed E-state index contributed by atoms with van der Waals surface area (Å²) >= 11 is 0. The number of rotatable bonds is 7. The largest absolute Gasteiger partial charge is 0.465 e. The van der Waals surface area contributed by atoms with Gasteiger partial charge in [0, 0.05) is 5.56 Å². The Morgan fingerprint density at radius 1 is 1.27 bits per heavy atom. The number of carbonyl (C=O) groups excluding carboxylic acids is 1. The first-order valence-electron chi connectivity index (χ1n) is 7.28. The maximum atomic E-state index is 12.8. The molecule has 0 saturated carbocycles. The lowest BCUT2D eigenvalue weighted by molar-refractivity contribution is -0.253. The van der Waals surface area contributed by atoms with Gasteiger partial charge in [-0.3, -0.25) is 4.79 Å². The molecule has 1 aromatic heterocycles. The van der Waals surface area contributed by atoms with E-state index in [9.17, 15) is 22.4 Å². The van der Waals surface area contributed by atoms with Gasteiger partial charge in [-0.25, -0.2) is 5.43 Å². The average Bonchev–Trinajstić information content (AvgIpc) is 3.07. The first-order chi connectivity index (χ1) is 12.3. The van der Waals surface area contributed by atoms with E-state index in [2.05, 4.69) is 15.3 Å². The van der Waals surface area contributed by atoms with Crippen molar-refractivity contribution in [3.05, 3.63) is 59.6 Å². The third kappa shape index (κ3) is 5.47. The summed E-state index contributed by atoms with van der Waals surface area (Å²) in [6.07, 6.45) is -3.96. The zero-order chi connectivity index (χ0) is 19.2. The molecule has 0 saturated heterocycles. The van der Waals surface area contributed by atoms with E-state index in [0.29, 0.717) is 11.3 Å². The summed E-state index contributed by atoms with van der Waals surface area (Å²) in [6, 6.07) is 7.73. The molecule has 1 amide bonds. The van der Waals surface area contributed by atoms with Crippen molar-refractivity contribution in [2.75, 3.05) is 0 Å². The fourth-order valence-electron chi connectivity index (χ4n) is 1.77. The van der Waals surface area contributed by atoms with Gasteiger partial charge in [0.15, 0.2) is 0 Å². The minimum Gasteiger partial charge on any atom is -0.465 e. The van der Waals surface area contributed by atoms with Gasteiger partial charge in [0.05, 0.1) is 12.5 Å². The molecule has 0 atom stereocenters. The van der Waals surface area contributed by atoms with Crippen molar-refractivity contribution < 1.29 is 31.5 Å². The lowest BCUT2D eigenvalue weighted by Crippen LogP contribution is -2.33. The predicted octanol–water partition coefficient (Wildman–Crippen LogP) is 4.34. The highest BCUT2D eigenvalue weighted by atomic mass is 19.3. The van der Waals surface area contributed by atoms with Crippen LogP contribution in [0.5, 0.6) is 5.75 Å². The first kappa shape index (κ1) is 19.2. The lowest BCUT2D eigenvalue weighted by atomic mass is 10.2. The van der Waals surface area contributed by atoms with Crippen LogP contribution in [0.25, 0.3) is 6.08 Å². The normalized spacial score (nSPS) is 12.6. The maximum absolute atomic E-state index is 12.8. The van der Waals surface area contributed by atoms with Gasteiger partial charge in [-0.05, 0) is 55.0 Å². The second kappa shape index (κ2) is 8.32. The molecular formula is C17H14F4N2O3. The Kier molecular flexibility index (Phi) is 6.16. The number of allylic oxidation sites excluding steroid dienone is 1. The number of benzene rings is 1. The van der Waals surface area contributed by atoms with Gasteiger partial charge in [0.2, 0.25) is 0 Å². The number of furan rings is 1. The summed E-state index contributed by atoms with van der Waals surface area (Å²) in [5, 5.41) is 3.75. The van der Waals surface area contributed by atoms with Crippen molar-refractivity contribution in [1.82, 2.24) is 5.43 Å². The summed E-state index contributed by atoms with van der Waals surface area (Å²) in [5.41, 5.74) is 3.04. The Hall–Kier alpha value is -3.10. The van der Waals surface area contributed by atoms with Crippen LogP contribution in [-0.4, -0.2) is 24.7 Å². The topological polar surface area (TPSA) is 63.8 Å². The van der Waals surface area contributed by atoms with Crippen LogP contribution >= 0.6 is 0 Å². The second-order valence-corrected chi connectivity index (χ2v) is 5.09. The van der Waals surface area contributed by atoms with Crippen LogP contribution < -0.4 is 10.2 Å². The summed E-state index contributed by atoms with van der Waals surface area (Å²) in [5.74, 6) is -0.483. The fraction of sp³-hybridized carbons (Fsp3) is 0.176. The van der Waals surface area contributed by atoms with E-state index in [4.69, 9.17) is 4.42 Å². The Morgan fingerprint density at radius 3 is 2.54 bits per heavy atom. The summed E-state index contributed by atoms with van der Waals surface area (Å²) in [6.45, 7) is 1.74. The smallest absolute Gasteiger partial charge is 0.461 e. The second-order valence-electron chi connectivity index (χ2n) is 5.09. The molecule has 1 heterocycles. The van der Waals surface area contributed by atoms with Gasteiger partial charge in [0.25, 0.3) is 5.91 Å². The minimum absolute atomic E-state index is 0.0857. The number of nitrogens with one attached hydrogen (secondary N) is 1. The first-order valence-corrected chi connectivity index (χ1v) is 7.28. The number of halogens is 4. The van der Waals surface area contributed by atoms with Crippen LogP contribution in [0.1, 0.15) is 23.0 Å². The highest BCUT2D eigenvalue weighted by Crippen LogP contribution is 2.27. The van der Waals surface area contributed by atoms with Gasteiger partial charge in [-0.15, -0.1) is 0 Å². The molecule has 0 unspecified atom stereocenters. The zero-order valence-corrected chi connectivity index (χ0v) is 13.5. The van der Waals surface area contributed by atoms with Gasteiger partial charge in [0.1, 0.15) is 11.5 Å². The third-order valence-corrected chi connectivity index (χ3v) is 2.97. The number of carbonyl (C=O) groups is 1. The quantitative estimate of drug-likeness (QED) is 0.448. The van der Waals surface area contributed by atoms with Crippen molar-refractivity contribution in [2.45, 2.75) is 19.5 Å². The number of amides is 1. The molecule has 0 aliphatic carbocycles. The Morgan fingerprint density at radius 2 is 1.96 bits per heavy atom. The summed E-state index contributed by atoms with van der Waals surface area (Å²) < 4.78 is 58.7. The zero-order valence-electron chi connectivity index (χ0n) is 13.5. The number of alkyl halides is 4. The molecule has 0 bridgehead atoms. The predicted molar refractivity (Wildman–Crippen MR) is 86.3 cm³/mol. The van der Waals surface area contributed by atoms with E-state index in [1.807, 2.05) is 0 Å². The SMILES string of the molecule is CC(/C=N\NC(=O)c1ccc(OC(F)(F)C(F)F)cc1)=C\c1ccco1. The van der Waals surface area contributed by atoms with Crippen molar-refractivity contribution in [3.8, 4) is 5.75 Å². The Labute approximate surface area is 146 Å². The van der Waals surface area contributed by atoms with Crippen molar-refractivity contribution in [1.29, 1.82) is 0 Å². The summed E-state index contributed by atoms with van der Waals surface area (Å²) in [4.78, 5) is 11.9. The molecule has 5 nitrogen and oxygen atoms in total. The van der Waals surface area contributed by atoms with E-state index < -0.39 is 24.2 Å².